The van der Waals surface area contributed by atoms with Crippen LogP contribution in [0.4, 0.5) is 11.4 Å². The Kier molecular flexibility index (Phi) is 5.67. The molecule has 0 aliphatic rings. The molecule has 0 aliphatic carbocycles. The molecular weight excluding hydrogens is 324 g/mol. The van der Waals surface area contributed by atoms with E-state index in [2.05, 4.69) is 0 Å². The summed E-state index contributed by atoms with van der Waals surface area (Å²) in [7, 11) is 0. The van der Waals surface area contributed by atoms with Gasteiger partial charge in [-0.3, -0.25) is 0 Å². The van der Waals surface area contributed by atoms with Crippen LogP contribution >= 0.6 is 0 Å². The van der Waals surface area contributed by atoms with E-state index in [9.17, 15) is 10.1 Å². The Morgan fingerprint density at radius 2 is 1.46 bits per heavy atom. The van der Waals surface area contributed by atoms with E-state index in [1.54, 1.807) is 0 Å². The zero-order valence-corrected chi connectivity index (χ0v) is 16.5. The Balaban J connectivity index is 2.17. The number of nitrogens with zero attached hydrogens (tertiary/aromatic N) is 2. The highest BCUT2D eigenvalue weighted by Crippen LogP contribution is 2.25. The smallest absolute Gasteiger partial charge is 0.256 e. The van der Waals surface area contributed by atoms with E-state index in [-0.39, 0.29) is 0 Å². The van der Waals surface area contributed by atoms with Crippen LogP contribution < -0.4 is 5.06 Å². The van der Waals surface area contributed by atoms with E-state index in [0.717, 1.165) is 21.0 Å². The van der Waals surface area contributed by atoms with Gasteiger partial charge in [0.25, 0.3) is 5.69 Å². The standard InChI is InChI=1S/C22H28N2O2/c1-21(2,3)23(25)19-14-12-17(13-15-19)10-11-18-8-7-9-20(16-18)24(26)22(4,5)6/h7-16H,1-6H3/b11-10+. The summed E-state index contributed by atoms with van der Waals surface area (Å²) in [6, 6.07) is 15.0. The fraction of sp³-hybridized carbons (Fsp3) is 0.364. The van der Waals surface area contributed by atoms with Crippen molar-refractivity contribution in [2.24, 2.45) is 0 Å². The van der Waals surface area contributed by atoms with Gasteiger partial charge in [-0.25, -0.2) is 0 Å². The predicted octanol–water partition coefficient (Wildman–Crippen LogP) is 6.17. The molecule has 0 fully saturated rings. The van der Waals surface area contributed by atoms with Crippen molar-refractivity contribution in [1.29, 1.82) is 0 Å². The van der Waals surface area contributed by atoms with E-state index < -0.39 is 11.1 Å². The Morgan fingerprint density at radius 3 is 2.00 bits per heavy atom. The zero-order chi connectivity index (χ0) is 19.5. The van der Waals surface area contributed by atoms with Crippen LogP contribution in [0, 0.1) is 10.1 Å². The van der Waals surface area contributed by atoms with Crippen molar-refractivity contribution in [3.05, 3.63) is 69.8 Å². The highest BCUT2D eigenvalue weighted by Gasteiger charge is 2.30. The van der Waals surface area contributed by atoms with Gasteiger partial charge in [-0.05, 0) is 56.2 Å². The minimum absolute atomic E-state index is 0.463. The molecule has 0 saturated carbocycles. The van der Waals surface area contributed by atoms with Crippen LogP contribution in [0.5, 0.6) is 0 Å². The number of rotatable bonds is 4. The maximum Gasteiger partial charge on any atom is 0.256 e. The average Bonchev–Trinajstić information content (AvgIpc) is 2.58. The number of hydroxylamine groups is 1. The average molecular weight is 352 g/mol. The molecule has 0 aromatic heterocycles. The van der Waals surface area contributed by atoms with Crippen molar-refractivity contribution in [2.45, 2.75) is 52.6 Å². The van der Waals surface area contributed by atoms with E-state index >= 15 is 0 Å². The van der Waals surface area contributed by atoms with Gasteiger partial charge in [0, 0.05) is 53.8 Å². The molecule has 0 N–H and O–H groups in total. The van der Waals surface area contributed by atoms with Crippen LogP contribution in [0.3, 0.4) is 0 Å². The van der Waals surface area contributed by atoms with Gasteiger partial charge in [0.1, 0.15) is 0 Å². The van der Waals surface area contributed by atoms with Crippen LogP contribution in [0.25, 0.3) is 12.2 Å². The Labute approximate surface area is 156 Å². The van der Waals surface area contributed by atoms with Crippen molar-refractivity contribution < 1.29 is 4.76 Å². The number of anilines is 1. The summed E-state index contributed by atoms with van der Waals surface area (Å²) < 4.78 is 1.01. The molecule has 0 heterocycles. The Bertz CT molecular complexity index is 794. The summed E-state index contributed by atoms with van der Waals surface area (Å²) in [5.74, 6) is 0. The molecule has 0 unspecified atom stereocenters. The third-order valence-electron chi connectivity index (χ3n) is 3.92. The first-order valence-electron chi connectivity index (χ1n) is 8.81. The number of nitroso groups, excluding NO2 is 1. The van der Waals surface area contributed by atoms with Crippen molar-refractivity contribution in [3.63, 3.8) is 0 Å². The fourth-order valence-electron chi connectivity index (χ4n) is 2.44. The first-order chi connectivity index (χ1) is 12.0. The van der Waals surface area contributed by atoms with Crippen LogP contribution in [0.1, 0.15) is 52.7 Å². The van der Waals surface area contributed by atoms with Gasteiger partial charge in [-0.2, -0.15) is 0 Å². The largest absolute Gasteiger partial charge is 0.758 e. The maximum absolute atomic E-state index is 12.3. The van der Waals surface area contributed by atoms with Crippen LogP contribution in [-0.4, -0.2) is 15.8 Å². The van der Waals surface area contributed by atoms with E-state index in [1.165, 1.54) is 0 Å². The quantitative estimate of drug-likeness (QED) is 0.375. The molecule has 2 aromatic carbocycles. The minimum Gasteiger partial charge on any atom is -0.758 e. The molecule has 0 bridgehead atoms. The van der Waals surface area contributed by atoms with Gasteiger partial charge in [-0.15, -0.1) is 0 Å². The molecule has 2 aromatic rings. The van der Waals surface area contributed by atoms with Crippen LogP contribution in [-0.2, 0) is 0 Å². The summed E-state index contributed by atoms with van der Waals surface area (Å²) in [5.41, 5.74) is 2.30. The maximum atomic E-state index is 12.3. The SMILES string of the molecule is CC(C)(C)N([O-])c1cccc(/C=C/c2ccc([N+](=O)C(C)(C)C)cc2)c1. The zero-order valence-electron chi connectivity index (χ0n) is 16.5. The monoisotopic (exact) mass is 352 g/mol. The van der Waals surface area contributed by atoms with Crippen LogP contribution in [0.15, 0.2) is 48.5 Å². The third kappa shape index (κ3) is 5.02. The summed E-state index contributed by atoms with van der Waals surface area (Å²) >= 11 is 0. The van der Waals surface area contributed by atoms with Gasteiger partial charge in [0.15, 0.2) is 0 Å². The second kappa shape index (κ2) is 7.42. The van der Waals surface area contributed by atoms with Crippen molar-refractivity contribution in [3.8, 4) is 0 Å². The lowest BCUT2D eigenvalue weighted by Gasteiger charge is -2.43. The molecule has 26 heavy (non-hydrogen) atoms. The lowest BCUT2D eigenvalue weighted by atomic mass is 10.1. The highest BCUT2D eigenvalue weighted by molar-refractivity contribution is 5.72. The Morgan fingerprint density at radius 1 is 0.885 bits per heavy atom. The molecule has 138 valence electrons. The lowest BCUT2D eigenvalue weighted by molar-refractivity contribution is -0.540. The first kappa shape index (κ1) is 19.9. The number of hydrogen-bond acceptors (Lipinski definition) is 3. The molecule has 0 amide bonds. The highest BCUT2D eigenvalue weighted by atomic mass is 16.5. The molecule has 4 heteroatoms. The number of hydrogen-bond donors (Lipinski definition) is 0. The summed E-state index contributed by atoms with van der Waals surface area (Å²) in [4.78, 5) is 12.2. The summed E-state index contributed by atoms with van der Waals surface area (Å²) in [5, 5.41) is 13.4. The molecule has 0 spiro atoms. The summed E-state index contributed by atoms with van der Waals surface area (Å²) in [6.45, 7) is 11.3. The number of benzene rings is 2. The molecular formula is C22H28N2O2. The van der Waals surface area contributed by atoms with Crippen molar-refractivity contribution in [1.82, 2.24) is 0 Å². The van der Waals surface area contributed by atoms with Gasteiger partial charge >= 0.3 is 0 Å². The molecule has 2 rings (SSSR count). The van der Waals surface area contributed by atoms with E-state index in [0.29, 0.717) is 11.4 Å². The van der Waals surface area contributed by atoms with Crippen LogP contribution in [0.2, 0.25) is 0 Å². The second-order valence-corrected chi connectivity index (χ2v) is 8.45. The van der Waals surface area contributed by atoms with Gasteiger partial charge < -0.3 is 10.3 Å². The molecule has 0 saturated heterocycles. The van der Waals surface area contributed by atoms with E-state index in [1.807, 2.05) is 102 Å². The van der Waals surface area contributed by atoms with Crippen molar-refractivity contribution in [2.75, 3.05) is 5.06 Å². The van der Waals surface area contributed by atoms with Gasteiger partial charge in [0.2, 0.25) is 5.54 Å². The first-order valence-corrected chi connectivity index (χ1v) is 8.81. The fourth-order valence-corrected chi connectivity index (χ4v) is 2.44. The van der Waals surface area contributed by atoms with Gasteiger partial charge in [0.05, 0.1) is 0 Å². The Hall–Kier alpha value is -2.46. The minimum atomic E-state index is -0.477. The van der Waals surface area contributed by atoms with E-state index in [4.69, 9.17) is 0 Å². The molecule has 4 nitrogen and oxygen atoms in total. The van der Waals surface area contributed by atoms with Gasteiger partial charge in [-0.1, -0.05) is 24.3 Å². The molecule has 0 atom stereocenters. The molecule has 0 aliphatic heterocycles. The topological polar surface area (TPSA) is 46.4 Å². The summed E-state index contributed by atoms with van der Waals surface area (Å²) in [6.07, 6.45) is 3.94. The normalized spacial score (nSPS) is 12.4. The third-order valence-corrected chi connectivity index (χ3v) is 3.92. The predicted molar refractivity (Wildman–Crippen MR) is 110 cm³/mol. The second-order valence-electron chi connectivity index (χ2n) is 8.45. The molecule has 0 radical (unpaired) electrons. The van der Waals surface area contributed by atoms with Crippen molar-refractivity contribution >= 4 is 23.5 Å². The lowest BCUT2D eigenvalue weighted by Crippen LogP contribution is -2.36.